The standard InChI is InChI=1S/C15H20BrN5O4/c1-22-6-15-4-3-5-24-10(15)9(23-2)13(25-15)21-12-8(20-14(21)16)11(17)18-7-19-12/h7,9-10,13H,3-6H2,1-2H3,(H2,17,18,19)/t9?,10?,13-,15-/m1/s1. The molecule has 136 valence electrons. The highest BCUT2D eigenvalue weighted by molar-refractivity contribution is 9.10. The fourth-order valence-corrected chi connectivity index (χ4v) is 4.40. The zero-order chi connectivity index (χ0) is 17.6. The number of aromatic nitrogens is 4. The van der Waals surface area contributed by atoms with E-state index in [0.717, 1.165) is 12.8 Å². The van der Waals surface area contributed by atoms with Crippen LogP contribution in [0.2, 0.25) is 0 Å². The maximum atomic E-state index is 6.49. The minimum Gasteiger partial charge on any atom is -0.382 e. The monoisotopic (exact) mass is 413 g/mol. The van der Waals surface area contributed by atoms with Gasteiger partial charge in [0.1, 0.15) is 24.1 Å². The molecule has 2 aliphatic heterocycles. The number of nitrogen functional groups attached to an aromatic ring is 1. The molecule has 2 unspecified atom stereocenters. The van der Waals surface area contributed by atoms with Crippen molar-refractivity contribution < 1.29 is 18.9 Å². The molecule has 4 heterocycles. The van der Waals surface area contributed by atoms with Gasteiger partial charge >= 0.3 is 0 Å². The topological polar surface area (TPSA) is 107 Å². The lowest BCUT2D eigenvalue weighted by molar-refractivity contribution is -0.171. The number of halogens is 1. The van der Waals surface area contributed by atoms with Gasteiger partial charge in [-0.05, 0) is 28.8 Å². The zero-order valence-corrected chi connectivity index (χ0v) is 15.6. The van der Waals surface area contributed by atoms with E-state index in [1.54, 1.807) is 14.2 Å². The van der Waals surface area contributed by atoms with Crippen LogP contribution in [0.25, 0.3) is 11.2 Å². The number of anilines is 1. The van der Waals surface area contributed by atoms with Crippen molar-refractivity contribution in [1.82, 2.24) is 19.5 Å². The highest BCUT2D eigenvalue weighted by Crippen LogP contribution is 2.47. The summed E-state index contributed by atoms with van der Waals surface area (Å²) in [7, 11) is 3.31. The van der Waals surface area contributed by atoms with E-state index >= 15 is 0 Å². The van der Waals surface area contributed by atoms with E-state index in [1.807, 2.05) is 4.57 Å². The second-order valence-electron chi connectivity index (χ2n) is 6.28. The predicted octanol–water partition coefficient (Wildman–Crippen LogP) is 1.28. The Morgan fingerprint density at radius 3 is 3.04 bits per heavy atom. The second-order valence-corrected chi connectivity index (χ2v) is 6.99. The lowest BCUT2D eigenvalue weighted by Gasteiger charge is -2.37. The summed E-state index contributed by atoms with van der Waals surface area (Å²) in [4.78, 5) is 12.8. The fraction of sp³-hybridized carbons (Fsp3) is 0.667. The van der Waals surface area contributed by atoms with Crippen LogP contribution in [0.1, 0.15) is 19.1 Å². The van der Waals surface area contributed by atoms with Crippen molar-refractivity contribution in [2.24, 2.45) is 0 Å². The lowest BCUT2D eigenvalue weighted by atomic mass is 9.88. The average Bonchev–Trinajstić information content (AvgIpc) is 3.10. The summed E-state index contributed by atoms with van der Waals surface area (Å²) in [6.45, 7) is 1.10. The van der Waals surface area contributed by atoms with Crippen molar-refractivity contribution in [1.29, 1.82) is 0 Å². The van der Waals surface area contributed by atoms with Crippen LogP contribution in [0.4, 0.5) is 5.82 Å². The highest BCUT2D eigenvalue weighted by atomic mass is 79.9. The van der Waals surface area contributed by atoms with Crippen molar-refractivity contribution in [2.45, 2.75) is 36.9 Å². The van der Waals surface area contributed by atoms with Crippen LogP contribution < -0.4 is 5.73 Å². The number of nitrogens with two attached hydrogens (primary N) is 1. The number of rotatable bonds is 4. The van der Waals surface area contributed by atoms with E-state index < -0.39 is 11.8 Å². The molecule has 0 bridgehead atoms. The molecule has 2 fully saturated rings. The van der Waals surface area contributed by atoms with Crippen molar-refractivity contribution in [3.63, 3.8) is 0 Å². The predicted molar refractivity (Wildman–Crippen MR) is 91.9 cm³/mol. The van der Waals surface area contributed by atoms with E-state index in [0.29, 0.717) is 34.9 Å². The molecule has 2 aliphatic rings. The number of nitrogens with zero attached hydrogens (tertiary/aromatic N) is 4. The first kappa shape index (κ1) is 17.1. The SMILES string of the molecule is COC[C@]12CCCOC1C(OC)[C@H](n1c(Br)nc3c(N)ncnc31)O2. The molecular formula is C15H20BrN5O4. The largest absolute Gasteiger partial charge is 0.382 e. The summed E-state index contributed by atoms with van der Waals surface area (Å²) >= 11 is 3.49. The molecule has 4 atom stereocenters. The van der Waals surface area contributed by atoms with Gasteiger partial charge < -0.3 is 24.7 Å². The molecule has 2 N–H and O–H groups in total. The van der Waals surface area contributed by atoms with Gasteiger partial charge in [0.25, 0.3) is 0 Å². The number of methoxy groups -OCH3 is 2. The zero-order valence-electron chi connectivity index (χ0n) is 14.0. The normalized spacial score (nSPS) is 32.2. The molecular weight excluding hydrogens is 394 g/mol. The lowest BCUT2D eigenvalue weighted by Crippen LogP contribution is -2.51. The Morgan fingerprint density at radius 1 is 1.44 bits per heavy atom. The highest BCUT2D eigenvalue weighted by Gasteiger charge is 2.58. The van der Waals surface area contributed by atoms with Crippen LogP contribution >= 0.6 is 15.9 Å². The Kier molecular flexibility index (Phi) is 4.40. The maximum absolute atomic E-state index is 6.49. The van der Waals surface area contributed by atoms with Gasteiger partial charge in [-0.1, -0.05) is 0 Å². The smallest absolute Gasteiger partial charge is 0.181 e. The number of imidazole rings is 1. The minimum absolute atomic E-state index is 0.236. The molecule has 0 spiro atoms. The Morgan fingerprint density at radius 2 is 2.28 bits per heavy atom. The van der Waals surface area contributed by atoms with E-state index in [1.165, 1.54) is 6.33 Å². The molecule has 2 aromatic heterocycles. The summed E-state index contributed by atoms with van der Waals surface area (Å²) in [6.07, 6.45) is 2.11. The number of fused-ring (bicyclic) bond motifs is 2. The van der Waals surface area contributed by atoms with Crippen LogP contribution in [0.15, 0.2) is 11.1 Å². The quantitative estimate of drug-likeness (QED) is 0.746. The molecule has 2 aromatic rings. The van der Waals surface area contributed by atoms with Crippen LogP contribution in [0.5, 0.6) is 0 Å². The van der Waals surface area contributed by atoms with Gasteiger partial charge in [0, 0.05) is 20.8 Å². The number of hydrogen-bond donors (Lipinski definition) is 1. The van der Waals surface area contributed by atoms with E-state index in [4.69, 9.17) is 24.7 Å². The van der Waals surface area contributed by atoms with Gasteiger partial charge in [0.05, 0.1) is 6.61 Å². The molecule has 2 saturated heterocycles. The number of ether oxygens (including phenoxy) is 4. The van der Waals surface area contributed by atoms with Crippen molar-refractivity contribution in [2.75, 3.05) is 33.2 Å². The van der Waals surface area contributed by atoms with Crippen LogP contribution in [0, 0.1) is 0 Å². The van der Waals surface area contributed by atoms with Crippen LogP contribution in [-0.4, -0.2) is 64.8 Å². The van der Waals surface area contributed by atoms with Crippen LogP contribution in [-0.2, 0) is 18.9 Å². The molecule has 0 aliphatic carbocycles. The molecule has 0 aromatic carbocycles. The molecule has 9 nitrogen and oxygen atoms in total. The molecule has 4 rings (SSSR count). The minimum atomic E-state index is -0.563. The third-order valence-corrected chi connectivity index (χ3v) is 5.43. The van der Waals surface area contributed by atoms with Crippen molar-refractivity contribution in [3.8, 4) is 0 Å². The van der Waals surface area contributed by atoms with E-state index in [2.05, 4.69) is 30.9 Å². The molecule has 25 heavy (non-hydrogen) atoms. The van der Waals surface area contributed by atoms with Crippen molar-refractivity contribution >= 4 is 32.9 Å². The maximum Gasteiger partial charge on any atom is 0.181 e. The Bertz CT molecular complexity index is 783. The Hall–Kier alpha value is -1.33. The van der Waals surface area contributed by atoms with E-state index in [-0.39, 0.29) is 12.2 Å². The van der Waals surface area contributed by atoms with Crippen LogP contribution in [0.3, 0.4) is 0 Å². The van der Waals surface area contributed by atoms with E-state index in [9.17, 15) is 0 Å². The van der Waals surface area contributed by atoms with Gasteiger partial charge in [-0.3, -0.25) is 4.57 Å². The first-order valence-electron chi connectivity index (χ1n) is 8.06. The third-order valence-electron chi connectivity index (χ3n) is 4.87. The summed E-state index contributed by atoms with van der Waals surface area (Å²) in [6, 6.07) is 0. The van der Waals surface area contributed by atoms with Gasteiger partial charge in [0.2, 0.25) is 0 Å². The van der Waals surface area contributed by atoms with Crippen molar-refractivity contribution in [3.05, 3.63) is 11.1 Å². The first-order chi connectivity index (χ1) is 12.1. The molecule has 10 heteroatoms. The Balaban J connectivity index is 1.82. The van der Waals surface area contributed by atoms with Gasteiger partial charge in [0.15, 0.2) is 27.9 Å². The molecule has 0 amide bonds. The summed E-state index contributed by atoms with van der Waals surface area (Å²) in [5, 5.41) is 0. The van der Waals surface area contributed by atoms with Gasteiger partial charge in [-0.25, -0.2) is 15.0 Å². The summed E-state index contributed by atoms with van der Waals surface area (Å²) in [5.74, 6) is 0.316. The second kappa shape index (κ2) is 6.44. The summed E-state index contributed by atoms with van der Waals surface area (Å²) in [5.41, 5.74) is 6.47. The Labute approximate surface area is 152 Å². The molecule has 0 saturated carbocycles. The fourth-order valence-electron chi connectivity index (χ4n) is 3.85. The molecule has 0 radical (unpaired) electrons. The van der Waals surface area contributed by atoms with Gasteiger partial charge in [-0.2, -0.15) is 0 Å². The summed E-state index contributed by atoms with van der Waals surface area (Å²) < 4.78 is 26.1. The number of hydrogen-bond acceptors (Lipinski definition) is 8. The van der Waals surface area contributed by atoms with Gasteiger partial charge in [-0.15, -0.1) is 0 Å². The third kappa shape index (κ3) is 2.55. The average molecular weight is 414 g/mol. The first-order valence-corrected chi connectivity index (χ1v) is 8.85.